The fourth-order valence-electron chi connectivity index (χ4n) is 1.34. The maximum absolute atomic E-state index is 11.1. The van der Waals surface area contributed by atoms with E-state index in [1.807, 2.05) is 0 Å². The summed E-state index contributed by atoms with van der Waals surface area (Å²) in [4.78, 5) is 19.6. The van der Waals surface area contributed by atoms with Gasteiger partial charge in [0.15, 0.2) is 18.1 Å². The molecule has 0 bridgehead atoms. The molecule has 2 heterocycles. The molecule has 0 unspecified atom stereocenters. The Labute approximate surface area is 108 Å². The smallest absolute Gasteiger partial charge is 0.344 e. The number of hydrogen-bond acceptors (Lipinski definition) is 7. The van der Waals surface area contributed by atoms with E-state index >= 15 is 0 Å². The third kappa shape index (κ3) is 3.18. The average Bonchev–Trinajstić information content (AvgIpc) is 2.79. The summed E-state index contributed by atoms with van der Waals surface area (Å²) in [5.74, 6) is -0.131. The maximum atomic E-state index is 11.1. The van der Waals surface area contributed by atoms with E-state index in [9.17, 15) is 10.0 Å². The van der Waals surface area contributed by atoms with Gasteiger partial charge in [-0.1, -0.05) is 9.94 Å². The van der Waals surface area contributed by atoms with Crippen molar-refractivity contribution in [2.45, 2.75) is 6.92 Å². The van der Waals surface area contributed by atoms with Crippen LogP contribution in [-0.2, 0) is 9.53 Å². The van der Waals surface area contributed by atoms with Crippen molar-refractivity contribution in [3.8, 4) is 17.4 Å². The number of ether oxygens (including phenoxy) is 2. The summed E-state index contributed by atoms with van der Waals surface area (Å²) in [6.45, 7) is 1.70. The first-order chi connectivity index (χ1) is 9.20. The summed E-state index contributed by atoms with van der Waals surface area (Å²) in [6.07, 6.45) is 3.07. The SMILES string of the molecule is CCOC(=O)COc1cc(-c2ncccn2)n(O)n1. The van der Waals surface area contributed by atoms with Gasteiger partial charge in [0.1, 0.15) is 0 Å². The summed E-state index contributed by atoms with van der Waals surface area (Å²) < 4.78 is 9.78. The Balaban J connectivity index is 2.07. The number of rotatable bonds is 5. The highest BCUT2D eigenvalue weighted by molar-refractivity contribution is 5.71. The zero-order chi connectivity index (χ0) is 13.7. The van der Waals surface area contributed by atoms with Crippen molar-refractivity contribution >= 4 is 5.97 Å². The molecule has 0 amide bonds. The lowest BCUT2D eigenvalue weighted by Gasteiger charge is -2.01. The molecular formula is C11H12N4O4. The van der Waals surface area contributed by atoms with E-state index in [0.717, 1.165) is 0 Å². The summed E-state index contributed by atoms with van der Waals surface area (Å²) in [7, 11) is 0. The predicted octanol–water partition coefficient (Wildman–Crippen LogP) is 0.519. The van der Waals surface area contributed by atoms with Gasteiger partial charge < -0.3 is 14.7 Å². The van der Waals surface area contributed by atoms with Crippen molar-refractivity contribution in [2.75, 3.05) is 13.2 Å². The lowest BCUT2D eigenvalue weighted by atomic mass is 10.4. The Hall–Kier alpha value is -2.64. The van der Waals surface area contributed by atoms with Gasteiger partial charge >= 0.3 is 5.97 Å². The van der Waals surface area contributed by atoms with Crippen LogP contribution in [0.1, 0.15) is 6.92 Å². The minimum Gasteiger partial charge on any atom is -0.464 e. The van der Waals surface area contributed by atoms with Crippen molar-refractivity contribution in [3.63, 3.8) is 0 Å². The van der Waals surface area contributed by atoms with Gasteiger partial charge in [0.2, 0.25) is 5.88 Å². The summed E-state index contributed by atoms with van der Waals surface area (Å²) in [5.41, 5.74) is 0.263. The van der Waals surface area contributed by atoms with Crippen LogP contribution < -0.4 is 4.74 Å². The van der Waals surface area contributed by atoms with Crippen LogP contribution in [0.3, 0.4) is 0 Å². The molecule has 0 aliphatic rings. The lowest BCUT2D eigenvalue weighted by Crippen LogP contribution is -2.14. The van der Waals surface area contributed by atoms with Gasteiger partial charge in [0.05, 0.1) is 6.61 Å². The third-order valence-corrected chi connectivity index (χ3v) is 2.11. The van der Waals surface area contributed by atoms with E-state index in [-0.39, 0.29) is 24.8 Å². The van der Waals surface area contributed by atoms with Crippen LogP contribution in [0.4, 0.5) is 0 Å². The van der Waals surface area contributed by atoms with Crippen LogP contribution in [0.15, 0.2) is 24.5 Å². The minimum absolute atomic E-state index is 0.0815. The zero-order valence-electron chi connectivity index (χ0n) is 10.2. The van der Waals surface area contributed by atoms with Crippen LogP contribution in [0, 0.1) is 0 Å². The fourth-order valence-corrected chi connectivity index (χ4v) is 1.34. The molecule has 8 nitrogen and oxygen atoms in total. The van der Waals surface area contributed by atoms with Crippen LogP contribution in [0.5, 0.6) is 5.88 Å². The van der Waals surface area contributed by atoms with E-state index < -0.39 is 5.97 Å². The van der Waals surface area contributed by atoms with Gasteiger partial charge in [-0.05, 0) is 13.0 Å². The first kappa shape index (κ1) is 12.8. The fraction of sp³-hybridized carbons (Fsp3) is 0.273. The molecule has 0 aliphatic carbocycles. The molecule has 0 aromatic carbocycles. The zero-order valence-corrected chi connectivity index (χ0v) is 10.2. The summed E-state index contributed by atoms with van der Waals surface area (Å²) in [5, 5.41) is 13.3. The molecule has 0 atom stereocenters. The molecule has 0 radical (unpaired) electrons. The molecule has 100 valence electrons. The molecule has 8 heteroatoms. The largest absolute Gasteiger partial charge is 0.464 e. The predicted molar refractivity (Wildman–Crippen MR) is 62.6 cm³/mol. The van der Waals surface area contributed by atoms with Crippen LogP contribution >= 0.6 is 0 Å². The second-order valence-electron chi connectivity index (χ2n) is 3.42. The Morgan fingerprint density at radius 3 is 2.84 bits per heavy atom. The minimum atomic E-state index is -0.507. The second-order valence-corrected chi connectivity index (χ2v) is 3.42. The molecule has 0 saturated carbocycles. The standard InChI is InChI=1S/C11H12N4O4/c1-2-18-10(16)7-19-9-6-8(15(17)14-9)11-12-4-3-5-13-11/h3-6,17H,2,7H2,1H3. The number of hydrogen-bond donors (Lipinski definition) is 1. The molecule has 2 aromatic rings. The van der Waals surface area contributed by atoms with Gasteiger partial charge in [-0.25, -0.2) is 14.8 Å². The van der Waals surface area contributed by atoms with E-state index in [1.165, 1.54) is 18.5 Å². The highest BCUT2D eigenvalue weighted by Crippen LogP contribution is 2.18. The van der Waals surface area contributed by atoms with Crippen molar-refractivity contribution in [1.82, 2.24) is 19.9 Å². The third-order valence-electron chi connectivity index (χ3n) is 2.11. The van der Waals surface area contributed by atoms with E-state index in [2.05, 4.69) is 15.1 Å². The van der Waals surface area contributed by atoms with Crippen molar-refractivity contribution < 1.29 is 19.5 Å². The van der Waals surface area contributed by atoms with E-state index in [0.29, 0.717) is 10.7 Å². The average molecular weight is 264 g/mol. The molecule has 2 aromatic heterocycles. The van der Waals surface area contributed by atoms with E-state index in [4.69, 9.17) is 9.47 Å². The quantitative estimate of drug-likeness (QED) is 0.620. The normalized spacial score (nSPS) is 10.2. The molecule has 0 aliphatic heterocycles. The number of carbonyl (C=O) groups excluding carboxylic acids is 1. The highest BCUT2D eigenvalue weighted by atomic mass is 16.6. The topological polar surface area (TPSA) is 99.4 Å². The molecule has 19 heavy (non-hydrogen) atoms. The first-order valence-electron chi connectivity index (χ1n) is 5.56. The van der Waals surface area contributed by atoms with Crippen LogP contribution in [0.2, 0.25) is 0 Å². The van der Waals surface area contributed by atoms with Gasteiger partial charge in [-0.2, -0.15) is 0 Å². The molecular weight excluding hydrogens is 252 g/mol. The Morgan fingerprint density at radius 2 is 2.16 bits per heavy atom. The summed E-state index contributed by atoms with van der Waals surface area (Å²) in [6, 6.07) is 3.08. The molecule has 1 N–H and O–H groups in total. The number of aromatic nitrogens is 4. The number of nitrogens with zero attached hydrogens (tertiary/aromatic N) is 4. The molecule has 0 fully saturated rings. The maximum Gasteiger partial charge on any atom is 0.344 e. The number of esters is 1. The summed E-state index contributed by atoms with van der Waals surface area (Å²) >= 11 is 0. The first-order valence-corrected chi connectivity index (χ1v) is 5.56. The second kappa shape index (κ2) is 5.80. The Bertz CT molecular complexity index is 555. The highest BCUT2D eigenvalue weighted by Gasteiger charge is 2.13. The van der Waals surface area contributed by atoms with Gasteiger partial charge in [0.25, 0.3) is 0 Å². The molecule has 0 saturated heterocycles. The monoisotopic (exact) mass is 264 g/mol. The van der Waals surface area contributed by atoms with Gasteiger partial charge in [0, 0.05) is 18.5 Å². The van der Waals surface area contributed by atoms with Gasteiger partial charge in [-0.15, -0.1) is 0 Å². The molecule has 2 rings (SSSR count). The van der Waals surface area contributed by atoms with Crippen LogP contribution in [0.25, 0.3) is 11.5 Å². The Kier molecular flexibility index (Phi) is 3.91. The number of carbonyl (C=O) groups is 1. The van der Waals surface area contributed by atoms with E-state index in [1.54, 1.807) is 13.0 Å². The Morgan fingerprint density at radius 1 is 1.42 bits per heavy atom. The lowest BCUT2D eigenvalue weighted by molar-refractivity contribution is -0.145. The van der Waals surface area contributed by atoms with Crippen molar-refractivity contribution in [1.29, 1.82) is 0 Å². The van der Waals surface area contributed by atoms with Crippen LogP contribution in [-0.4, -0.2) is 44.3 Å². The van der Waals surface area contributed by atoms with Crippen molar-refractivity contribution in [2.24, 2.45) is 0 Å². The molecule has 0 spiro atoms. The van der Waals surface area contributed by atoms with Gasteiger partial charge in [-0.3, -0.25) is 0 Å². The van der Waals surface area contributed by atoms with Crippen molar-refractivity contribution in [3.05, 3.63) is 24.5 Å².